The van der Waals surface area contributed by atoms with Gasteiger partial charge in [-0.25, -0.2) is 19.4 Å². The highest BCUT2D eigenvalue weighted by Gasteiger charge is 2.31. The lowest BCUT2D eigenvalue weighted by molar-refractivity contribution is 0.0981. The monoisotopic (exact) mass is 581 g/mol. The summed E-state index contributed by atoms with van der Waals surface area (Å²) in [5, 5.41) is 5.38. The summed E-state index contributed by atoms with van der Waals surface area (Å²) in [4.78, 5) is 22.2. The molecule has 0 saturated carbocycles. The first-order chi connectivity index (χ1) is 20.0. The van der Waals surface area contributed by atoms with Crippen LogP contribution in [-0.2, 0) is 4.84 Å². The molecular weight excluding hydrogens is 545 g/mol. The minimum atomic E-state index is -0.360. The molecule has 218 valence electrons. The van der Waals surface area contributed by atoms with Crippen LogP contribution in [0.25, 0.3) is 0 Å². The minimum Gasteiger partial charge on any atom is -0.495 e. The quantitative estimate of drug-likeness (QED) is 0.409. The van der Waals surface area contributed by atoms with Crippen molar-refractivity contribution in [2.75, 3.05) is 75.3 Å². The molecule has 3 fully saturated rings. The number of anilines is 4. The van der Waals surface area contributed by atoms with Crippen LogP contribution in [0.3, 0.4) is 0 Å². The molecule has 0 aliphatic carbocycles. The van der Waals surface area contributed by atoms with E-state index in [1.807, 2.05) is 12.1 Å². The van der Waals surface area contributed by atoms with E-state index in [0.717, 1.165) is 69.2 Å². The number of piperidine rings is 1. The summed E-state index contributed by atoms with van der Waals surface area (Å²) in [6.45, 7) is 7.13. The van der Waals surface area contributed by atoms with Gasteiger partial charge in [-0.3, -0.25) is 9.74 Å². The second kappa shape index (κ2) is 12.4. The number of benzene rings is 2. The number of hydrogen-bond donors (Lipinski definition) is 1. The van der Waals surface area contributed by atoms with E-state index in [2.05, 4.69) is 43.1 Å². The summed E-state index contributed by atoms with van der Waals surface area (Å²) in [7, 11) is 3.92. The number of likely N-dealkylation sites (N-methyl/N-ethyl adjacent to an activating group) is 1. The standard InChI is InChI=1S/C30H37ClFN7O2/c1-36-12-14-37(15-13-36)23-7-10-38(11-8-23)27-6-4-22(18-28(27)40-2)35-29-19-30(34-20-33-29)39-26(9-16-41-39)24-5-3-21(31)17-25(24)32/h3-6,17-20,23,26H,7-16H2,1-2H3,(H,33,34,35)/t26-/m1/s1. The first kappa shape index (κ1) is 28.0. The molecule has 0 amide bonds. The predicted molar refractivity (Wildman–Crippen MR) is 160 cm³/mol. The Labute approximate surface area is 245 Å². The van der Waals surface area contributed by atoms with Gasteiger partial charge >= 0.3 is 0 Å². The normalized spacial score (nSPS) is 20.9. The molecule has 41 heavy (non-hydrogen) atoms. The molecule has 2 aromatic carbocycles. The fourth-order valence-electron chi connectivity index (χ4n) is 6.11. The lowest BCUT2D eigenvalue weighted by atomic mass is 10.0. The first-order valence-corrected chi connectivity index (χ1v) is 14.7. The summed E-state index contributed by atoms with van der Waals surface area (Å²) in [5.74, 6) is 1.61. The molecule has 0 spiro atoms. The maximum Gasteiger partial charge on any atom is 0.158 e. The Hall–Kier alpha value is -3.18. The average Bonchev–Trinajstić information content (AvgIpc) is 3.48. The van der Waals surface area contributed by atoms with Crippen molar-refractivity contribution < 1.29 is 14.0 Å². The number of halogens is 2. The highest BCUT2D eigenvalue weighted by atomic mass is 35.5. The first-order valence-electron chi connectivity index (χ1n) is 14.3. The van der Waals surface area contributed by atoms with Crippen LogP contribution < -0.4 is 20.0 Å². The lowest BCUT2D eigenvalue weighted by Gasteiger charge is -2.42. The third-order valence-corrected chi connectivity index (χ3v) is 8.65. The lowest BCUT2D eigenvalue weighted by Crippen LogP contribution is -2.52. The van der Waals surface area contributed by atoms with Crippen LogP contribution in [0.5, 0.6) is 5.75 Å². The minimum absolute atomic E-state index is 0.310. The van der Waals surface area contributed by atoms with Gasteiger partial charge in [0.2, 0.25) is 0 Å². The fourth-order valence-corrected chi connectivity index (χ4v) is 6.27. The van der Waals surface area contributed by atoms with Gasteiger partial charge in [-0.1, -0.05) is 17.7 Å². The molecule has 3 aliphatic rings. The van der Waals surface area contributed by atoms with Crippen molar-refractivity contribution in [3.8, 4) is 5.75 Å². The van der Waals surface area contributed by atoms with Gasteiger partial charge in [0.05, 0.1) is 25.4 Å². The zero-order valence-corrected chi connectivity index (χ0v) is 24.4. The van der Waals surface area contributed by atoms with Crippen molar-refractivity contribution in [1.29, 1.82) is 0 Å². The Balaban J connectivity index is 1.12. The number of ether oxygens (including phenoxy) is 1. The van der Waals surface area contributed by atoms with E-state index in [4.69, 9.17) is 21.2 Å². The Bertz CT molecular complexity index is 1350. The van der Waals surface area contributed by atoms with Gasteiger partial charge < -0.3 is 19.9 Å². The predicted octanol–water partition coefficient (Wildman–Crippen LogP) is 5.12. The van der Waals surface area contributed by atoms with E-state index in [1.165, 1.54) is 12.4 Å². The third-order valence-electron chi connectivity index (χ3n) is 8.42. The zero-order valence-electron chi connectivity index (χ0n) is 23.6. The van der Waals surface area contributed by atoms with E-state index in [1.54, 1.807) is 30.4 Å². The molecule has 6 rings (SSSR count). The average molecular weight is 582 g/mol. The molecule has 3 aliphatic heterocycles. The van der Waals surface area contributed by atoms with Crippen LogP contribution in [0.1, 0.15) is 30.9 Å². The van der Waals surface area contributed by atoms with Gasteiger partial charge in [0, 0.05) is 80.1 Å². The molecule has 1 N–H and O–H groups in total. The summed E-state index contributed by atoms with van der Waals surface area (Å²) in [5.41, 5.74) is 2.48. The molecular formula is C30H37ClFN7O2. The topological polar surface area (TPSA) is 69.2 Å². The fraction of sp³-hybridized carbons (Fsp3) is 0.467. The van der Waals surface area contributed by atoms with Gasteiger partial charge in [-0.05, 0) is 44.2 Å². The van der Waals surface area contributed by atoms with Crippen LogP contribution in [0.2, 0.25) is 5.02 Å². The van der Waals surface area contributed by atoms with Crippen molar-refractivity contribution in [3.05, 3.63) is 65.2 Å². The molecule has 1 atom stereocenters. The summed E-state index contributed by atoms with van der Waals surface area (Å²) >= 11 is 5.96. The molecule has 0 radical (unpaired) electrons. The second-order valence-electron chi connectivity index (χ2n) is 11.0. The van der Waals surface area contributed by atoms with Crippen molar-refractivity contribution in [2.24, 2.45) is 0 Å². The van der Waals surface area contributed by atoms with Gasteiger partial charge in [0.15, 0.2) is 5.82 Å². The van der Waals surface area contributed by atoms with E-state index >= 15 is 0 Å². The smallest absolute Gasteiger partial charge is 0.158 e. The Morgan fingerprint density at radius 1 is 0.976 bits per heavy atom. The number of hydrogen-bond acceptors (Lipinski definition) is 9. The number of hydroxylamine groups is 1. The van der Waals surface area contributed by atoms with Crippen molar-refractivity contribution >= 4 is 34.6 Å². The number of methoxy groups -OCH3 is 1. The highest BCUT2D eigenvalue weighted by Crippen LogP contribution is 2.37. The van der Waals surface area contributed by atoms with E-state index in [0.29, 0.717) is 41.3 Å². The largest absolute Gasteiger partial charge is 0.495 e. The Morgan fingerprint density at radius 3 is 2.54 bits per heavy atom. The zero-order chi connectivity index (χ0) is 28.3. The third kappa shape index (κ3) is 6.21. The highest BCUT2D eigenvalue weighted by molar-refractivity contribution is 6.30. The number of piperazine rings is 1. The summed E-state index contributed by atoms with van der Waals surface area (Å²) < 4.78 is 20.5. The molecule has 9 nitrogen and oxygen atoms in total. The van der Waals surface area contributed by atoms with Crippen LogP contribution in [0, 0.1) is 5.82 Å². The van der Waals surface area contributed by atoms with Gasteiger partial charge in [0.25, 0.3) is 0 Å². The molecule has 3 aromatic rings. The Kier molecular flexibility index (Phi) is 8.43. The molecule has 11 heteroatoms. The number of aromatic nitrogens is 2. The molecule has 1 aromatic heterocycles. The molecule has 4 heterocycles. The van der Waals surface area contributed by atoms with Crippen LogP contribution in [0.15, 0.2) is 48.8 Å². The van der Waals surface area contributed by atoms with E-state index in [-0.39, 0.29) is 11.9 Å². The second-order valence-corrected chi connectivity index (χ2v) is 11.4. The van der Waals surface area contributed by atoms with Crippen molar-refractivity contribution in [2.45, 2.75) is 31.3 Å². The Morgan fingerprint density at radius 2 is 1.78 bits per heavy atom. The van der Waals surface area contributed by atoms with Crippen LogP contribution >= 0.6 is 11.6 Å². The maximum atomic E-state index is 14.7. The summed E-state index contributed by atoms with van der Waals surface area (Å²) in [6.07, 6.45) is 4.44. The van der Waals surface area contributed by atoms with E-state index in [9.17, 15) is 4.39 Å². The number of nitrogens with one attached hydrogen (secondary N) is 1. The molecule has 0 bridgehead atoms. The number of nitrogens with zero attached hydrogens (tertiary/aromatic N) is 6. The van der Waals surface area contributed by atoms with Crippen molar-refractivity contribution in [1.82, 2.24) is 19.8 Å². The van der Waals surface area contributed by atoms with Gasteiger partial charge in [0.1, 0.15) is 23.7 Å². The SMILES string of the molecule is COc1cc(Nc2cc(N3OCC[C@@H]3c3ccc(Cl)cc3F)ncn2)ccc1N1CCC(N2CCN(C)CC2)CC1. The van der Waals surface area contributed by atoms with Crippen molar-refractivity contribution in [3.63, 3.8) is 0 Å². The number of rotatable bonds is 7. The van der Waals surface area contributed by atoms with Gasteiger partial charge in [-0.15, -0.1) is 0 Å². The molecule has 0 unspecified atom stereocenters. The summed E-state index contributed by atoms with van der Waals surface area (Å²) in [6, 6.07) is 13.0. The molecule has 3 saturated heterocycles. The van der Waals surface area contributed by atoms with Crippen LogP contribution in [0.4, 0.5) is 27.4 Å². The van der Waals surface area contributed by atoms with Crippen LogP contribution in [-0.4, -0.2) is 85.8 Å². The van der Waals surface area contributed by atoms with E-state index < -0.39 is 0 Å². The maximum absolute atomic E-state index is 14.7. The van der Waals surface area contributed by atoms with Gasteiger partial charge in [-0.2, -0.15) is 0 Å².